The molecule has 1 aromatic carbocycles. The normalized spacial score (nSPS) is 17.6. The summed E-state index contributed by atoms with van der Waals surface area (Å²) in [5.41, 5.74) is -0.262. The van der Waals surface area contributed by atoms with E-state index in [0.29, 0.717) is 0 Å². The summed E-state index contributed by atoms with van der Waals surface area (Å²) >= 11 is 0. The van der Waals surface area contributed by atoms with Crippen molar-refractivity contribution in [2.75, 3.05) is 6.54 Å². The van der Waals surface area contributed by atoms with E-state index in [1.54, 1.807) is 0 Å². The summed E-state index contributed by atoms with van der Waals surface area (Å²) in [6, 6.07) is 1.91. The van der Waals surface area contributed by atoms with E-state index in [-0.39, 0.29) is 12.1 Å². The smallest absolute Gasteiger partial charge is 0.269 e. The zero-order valence-corrected chi connectivity index (χ0v) is 9.18. The van der Waals surface area contributed by atoms with Crippen molar-refractivity contribution in [3.63, 3.8) is 0 Å². The summed E-state index contributed by atoms with van der Waals surface area (Å²) < 4.78 is 37.9. The predicted octanol–water partition coefficient (Wildman–Crippen LogP) is 0.881. The molecule has 0 saturated heterocycles. The lowest BCUT2D eigenvalue weighted by Crippen LogP contribution is -2.29. The van der Waals surface area contributed by atoms with Crippen LogP contribution in [0.1, 0.15) is 12.5 Å². The van der Waals surface area contributed by atoms with Crippen molar-refractivity contribution >= 4 is 15.9 Å². The SMILES string of the molecule is CCN1C(=N)c2c(O)ccc(F)c2S1(=O)=O. The molecule has 0 aliphatic carbocycles. The van der Waals surface area contributed by atoms with Gasteiger partial charge in [-0.1, -0.05) is 0 Å². The summed E-state index contributed by atoms with van der Waals surface area (Å²) in [5.74, 6) is -1.75. The van der Waals surface area contributed by atoms with E-state index in [2.05, 4.69) is 0 Å². The quantitative estimate of drug-likeness (QED) is 0.769. The predicted molar refractivity (Wildman–Crippen MR) is 54.5 cm³/mol. The summed E-state index contributed by atoms with van der Waals surface area (Å²) in [4.78, 5) is -0.612. The fourth-order valence-electron chi connectivity index (χ4n) is 1.71. The number of benzene rings is 1. The average Bonchev–Trinajstić information content (AvgIpc) is 2.41. The van der Waals surface area contributed by atoms with Crippen LogP contribution in [0.2, 0.25) is 0 Å². The average molecular weight is 244 g/mol. The van der Waals surface area contributed by atoms with Crippen LogP contribution in [0.3, 0.4) is 0 Å². The highest BCUT2D eigenvalue weighted by Crippen LogP contribution is 2.37. The number of nitrogens with one attached hydrogen (secondary N) is 1. The Hall–Kier alpha value is -1.63. The number of halogens is 1. The highest BCUT2D eigenvalue weighted by atomic mass is 32.2. The molecule has 1 aromatic rings. The molecule has 0 spiro atoms. The minimum absolute atomic E-state index is 0.0225. The van der Waals surface area contributed by atoms with Crippen molar-refractivity contribution < 1.29 is 17.9 Å². The molecule has 0 fully saturated rings. The van der Waals surface area contributed by atoms with Gasteiger partial charge in [-0.05, 0) is 19.1 Å². The largest absolute Gasteiger partial charge is 0.507 e. The van der Waals surface area contributed by atoms with Gasteiger partial charge in [0, 0.05) is 6.54 Å². The first-order valence-corrected chi connectivity index (χ1v) is 5.98. The third-order valence-corrected chi connectivity index (χ3v) is 4.35. The maximum atomic E-state index is 13.4. The summed E-state index contributed by atoms with van der Waals surface area (Å²) in [6.07, 6.45) is 0. The fraction of sp³-hybridized carbons (Fsp3) is 0.222. The van der Waals surface area contributed by atoms with Crippen molar-refractivity contribution in [2.45, 2.75) is 11.8 Å². The van der Waals surface area contributed by atoms with E-state index >= 15 is 0 Å². The minimum Gasteiger partial charge on any atom is -0.507 e. The highest BCUT2D eigenvalue weighted by Gasteiger charge is 2.42. The molecule has 0 radical (unpaired) electrons. The lowest BCUT2D eigenvalue weighted by Gasteiger charge is -2.13. The number of sulfonamides is 1. The molecule has 2 rings (SSSR count). The van der Waals surface area contributed by atoms with Crippen LogP contribution >= 0.6 is 0 Å². The lowest BCUT2D eigenvalue weighted by molar-refractivity contribution is 0.467. The van der Waals surface area contributed by atoms with Crippen LogP contribution < -0.4 is 0 Å². The first kappa shape index (κ1) is 10.9. The van der Waals surface area contributed by atoms with Crippen LogP contribution in [0, 0.1) is 11.2 Å². The van der Waals surface area contributed by atoms with Crippen LogP contribution in [0.4, 0.5) is 4.39 Å². The summed E-state index contributed by atoms with van der Waals surface area (Å²) in [6.45, 7) is 1.56. The van der Waals surface area contributed by atoms with Gasteiger partial charge in [0.05, 0.1) is 5.56 Å². The Morgan fingerprint density at radius 2 is 2.12 bits per heavy atom. The molecule has 1 heterocycles. The number of aromatic hydroxyl groups is 1. The Kier molecular flexibility index (Phi) is 2.16. The molecule has 0 bridgehead atoms. The monoisotopic (exact) mass is 244 g/mol. The molecule has 1 aliphatic rings. The molecule has 0 saturated carbocycles. The van der Waals surface area contributed by atoms with Gasteiger partial charge in [0.1, 0.15) is 22.3 Å². The maximum absolute atomic E-state index is 13.4. The number of amidine groups is 1. The Morgan fingerprint density at radius 3 is 2.62 bits per heavy atom. The number of phenolic OH excluding ortho intramolecular Hbond substituents is 1. The standard InChI is InChI=1S/C9H9FN2O3S/c1-2-12-9(11)7-6(13)4-3-5(10)8(7)16(12,14)15/h3-4,11,13H,2H2,1H3. The van der Waals surface area contributed by atoms with Crippen molar-refractivity contribution in [3.8, 4) is 5.75 Å². The highest BCUT2D eigenvalue weighted by molar-refractivity contribution is 7.90. The molecule has 0 atom stereocenters. The molecule has 7 heteroatoms. The lowest BCUT2D eigenvalue weighted by atomic mass is 10.1. The number of hydrogen-bond acceptors (Lipinski definition) is 4. The van der Waals surface area contributed by atoms with Crippen LogP contribution in [-0.2, 0) is 10.0 Å². The number of rotatable bonds is 1. The molecule has 5 nitrogen and oxygen atoms in total. The molecule has 16 heavy (non-hydrogen) atoms. The summed E-state index contributed by atoms with van der Waals surface area (Å²) in [5, 5.41) is 17.1. The molecule has 0 unspecified atom stereocenters. The molecule has 1 aliphatic heterocycles. The van der Waals surface area contributed by atoms with Crippen LogP contribution in [0.5, 0.6) is 5.75 Å². The second-order valence-electron chi connectivity index (χ2n) is 3.29. The first-order chi connectivity index (χ1) is 7.41. The van der Waals surface area contributed by atoms with Gasteiger partial charge in [-0.3, -0.25) is 5.41 Å². The zero-order chi connectivity index (χ0) is 12.1. The van der Waals surface area contributed by atoms with Crippen molar-refractivity contribution in [2.24, 2.45) is 0 Å². The molecule has 2 N–H and O–H groups in total. The Balaban J connectivity index is 2.87. The third kappa shape index (κ3) is 1.15. The number of phenols is 1. The second kappa shape index (κ2) is 3.18. The van der Waals surface area contributed by atoms with E-state index in [9.17, 15) is 17.9 Å². The Bertz CT molecular complexity index is 583. The van der Waals surface area contributed by atoms with E-state index in [1.807, 2.05) is 0 Å². The van der Waals surface area contributed by atoms with Gasteiger partial charge in [0.25, 0.3) is 10.0 Å². The third-order valence-electron chi connectivity index (χ3n) is 2.41. The zero-order valence-electron chi connectivity index (χ0n) is 8.36. The van der Waals surface area contributed by atoms with Gasteiger partial charge in [0.2, 0.25) is 0 Å². The Labute approximate surface area is 91.7 Å². The van der Waals surface area contributed by atoms with E-state index in [0.717, 1.165) is 16.4 Å². The molecular weight excluding hydrogens is 235 g/mol. The molecule has 0 aromatic heterocycles. The van der Waals surface area contributed by atoms with Crippen molar-refractivity contribution in [1.82, 2.24) is 4.31 Å². The Morgan fingerprint density at radius 1 is 1.50 bits per heavy atom. The van der Waals surface area contributed by atoms with Crippen molar-refractivity contribution in [3.05, 3.63) is 23.5 Å². The van der Waals surface area contributed by atoms with E-state index < -0.39 is 32.3 Å². The maximum Gasteiger partial charge on any atom is 0.269 e. The molecule has 86 valence electrons. The fourth-order valence-corrected chi connectivity index (χ4v) is 3.38. The van der Waals surface area contributed by atoms with Gasteiger partial charge in [-0.2, -0.15) is 0 Å². The minimum atomic E-state index is -4.03. The topological polar surface area (TPSA) is 81.5 Å². The summed E-state index contributed by atoms with van der Waals surface area (Å²) in [7, 11) is -4.03. The van der Waals surface area contributed by atoms with E-state index in [4.69, 9.17) is 5.41 Å². The van der Waals surface area contributed by atoms with E-state index in [1.165, 1.54) is 6.92 Å². The van der Waals surface area contributed by atoms with Crippen LogP contribution in [-0.4, -0.2) is 30.2 Å². The van der Waals surface area contributed by atoms with Crippen LogP contribution in [0.15, 0.2) is 17.0 Å². The van der Waals surface area contributed by atoms with Crippen molar-refractivity contribution in [1.29, 1.82) is 5.41 Å². The van der Waals surface area contributed by atoms with Gasteiger partial charge >= 0.3 is 0 Å². The van der Waals surface area contributed by atoms with Gasteiger partial charge in [0.15, 0.2) is 0 Å². The van der Waals surface area contributed by atoms with Gasteiger partial charge < -0.3 is 5.11 Å². The van der Waals surface area contributed by atoms with Crippen LogP contribution in [0.25, 0.3) is 0 Å². The molecule has 0 amide bonds. The van der Waals surface area contributed by atoms with Gasteiger partial charge in [-0.25, -0.2) is 17.1 Å². The number of hydrogen-bond donors (Lipinski definition) is 2. The number of fused-ring (bicyclic) bond motifs is 1. The first-order valence-electron chi connectivity index (χ1n) is 4.54. The number of nitrogens with zero attached hydrogens (tertiary/aromatic N) is 1. The second-order valence-corrected chi connectivity index (χ2v) is 5.09. The molecular formula is C9H9FN2O3S. The van der Waals surface area contributed by atoms with Gasteiger partial charge in [-0.15, -0.1) is 0 Å².